The zero-order valence-corrected chi connectivity index (χ0v) is 17.6. The van der Waals surface area contributed by atoms with Gasteiger partial charge in [0.25, 0.3) is 11.7 Å². The Morgan fingerprint density at radius 1 is 1.13 bits per heavy atom. The molecule has 1 atom stereocenters. The van der Waals surface area contributed by atoms with Crippen LogP contribution in [0.3, 0.4) is 0 Å². The first-order valence-electron chi connectivity index (χ1n) is 9.77. The Morgan fingerprint density at radius 2 is 1.84 bits per heavy atom. The fourth-order valence-electron chi connectivity index (χ4n) is 3.66. The minimum absolute atomic E-state index is 0.00840. The van der Waals surface area contributed by atoms with Gasteiger partial charge in [0.2, 0.25) is 0 Å². The number of likely N-dealkylation sites (tertiary alicyclic amines) is 1. The SMILES string of the molecule is COc1ccc(C(O)=C2C(=O)C(=O)N(CCCN(C)C)C2c2ccccc2F)cc1F. The molecule has 1 N–H and O–H groups in total. The minimum atomic E-state index is -1.12. The topological polar surface area (TPSA) is 70.1 Å². The van der Waals surface area contributed by atoms with Gasteiger partial charge in [0.15, 0.2) is 11.6 Å². The van der Waals surface area contributed by atoms with Crippen LogP contribution in [0.1, 0.15) is 23.6 Å². The highest BCUT2D eigenvalue weighted by molar-refractivity contribution is 6.46. The van der Waals surface area contributed by atoms with E-state index >= 15 is 0 Å². The second-order valence-corrected chi connectivity index (χ2v) is 7.52. The van der Waals surface area contributed by atoms with E-state index in [1.54, 1.807) is 6.07 Å². The Kier molecular flexibility index (Phi) is 6.70. The number of halogens is 2. The number of amides is 1. The predicted molar refractivity (Wildman–Crippen MR) is 112 cm³/mol. The highest BCUT2D eigenvalue weighted by Crippen LogP contribution is 2.40. The van der Waals surface area contributed by atoms with Crippen LogP contribution in [0.15, 0.2) is 48.0 Å². The Bertz CT molecular complexity index is 1040. The van der Waals surface area contributed by atoms with Crippen LogP contribution in [0.5, 0.6) is 5.75 Å². The number of carbonyl (C=O) groups excluding carboxylic acids is 2. The number of hydrogen-bond donors (Lipinski definition) is 1. The number of ketones is 1. The molecule has 0 spiro atoms. The average Bonchev–Trinajstić information content (AvgIpc) is 2.98. The van der Waals surface area contributed by atoms with E-state index in [1.165, 1.54) is 42.3 Å². The Morgan fingerprint density at radius 3 is 2.45 bits per heavy atom. The highest BCUT2D eigenvalue weighted by atomic mass is 19.1. The lowest BCUT2D eigenvalue weighted by Crippen LogP contribution is -2.32. The van der Waals surface area contributed by atoms with E-state index in [2.05, 4.69) is 0 Å². The maximum absolute atomic E-state index is 14.7. The van der Waals surface area contributed by atoms with Gasteiger partial charge in [-0.05, 0) is 51.3 Å². The molecule has 3 rings (SSSR count). The van der Waals surface area contributed by atoms with Crippen molar-refractivity contribution in [2.24, 2.45) is 0 Å². The lowest BCUT2D eigenvalue weighted by atomic mass is 9.95. The van der Waals surface area contributed by atoms with E-state index in [0.717, 1.165) is 6.07 Å². The van der Waals surface area contributed by atoms with Crippen molar-refractivity contribution in [3.63, 3.8) is 0 Å². The minimum Gasteiger partial charge on any atom is -0.507 e. The van der Waals surface area contributed by atoms with Gasteiger partial charge in [-0.25, -0.2) is 8.78 Å². The molecule has 1 aliphatic rings. The van der Waals surface area contributed by atoms with Gasteiger partial charge in [0.05, 0.1) is 18.7 Å². The summed E-state index contributed by atoms with van der Waals surface area (Å²) in [5.41, 5.74) is -0.197. The summed E-state index contributed by atoms with van der Waals surface area (Å²) >= 11 is 0. The number of rotatable bonds is 7. The number of aliphatic hydroxyl groups excluding tert-OH is 1. The lowest BCUT2D eigenvalue weighted by molar-refractivity contribution is -0.140. The third kappa shape index (κ3) is 4.44. The second-order valence-electron chi connectivity index (χ2n) is 7.52. The third-order valence-electron chi connectivity index (χ3n) is 5.17. The molecule has 0 aliphatic carbocycles. The molecule has 6 nitrogen and oxygen atoms in total. The summed E-state index contributed by atoms with van der Waals surface area (Å²) in [6.45, 7) is 0.839. The monoisotopic (exact) mass is 430 g/mol. The number of carbonyl (C=O) groups is 2. The molecule has 0 radical (unpaired) electrons. The van der Waals surface area contributed by atoms with Gasteiger partial charge >= 0.3 is 0 Å². The van der Waals surface area contributed by atoms with Gasteiger partial charge in [-0.15, -0.1) is 0 Å². The molecule has 31 heavy (non-hydrogen) atoms. The Balaban J connectivity index is 2.13. The summed E-state index contributed by atoms with van der Waals surface area (Å²) in [6, 6.07) is 8.33. The number of hydrogen-bond acceptors (Lipinski definition) is 5. The van der Waals surface area contributed by atoms with Crippen molar-refractivity contribution in [3.05, 3.63) is 70.8 Å². The van der Waals surface area contributed by atoms with Crippen molar-refractivity contribution in [2.45, 2.75) is 12.5 Å². The third-order valence-corrected chi connectivity index (χ3v) is 5.17. The number of methoxy groups -OCH3 is 1. The number of nitrogens with zero attached hydrogens (tertiary/aromatic N) is 2. The molecule has 164 valence electrons. The van der Waals surface area contributed by atoms with Crippen LogP contribution < -0.4 is 4.74 Å². The van der Waals surface area contributed by atoms with E-state index < -0.39 is 35.1 Å². The summed E-state index contributed by atoms with van der Waals surface area (Å²) in [5.74, 6) is -3.72. The fourth-order valence-corrected chi connectivity index (χ4v) is 3.66. The molecule has 1 saturated heterocycles. The first-order valence-corrected chi connectivity index (χ1v) is 9.77. The van der Waals surface area contributed by atoms with Crippen molar-refractivity contribution in [2.75, 3.05) is 34.3 Å². The summed E-state index contributed by atoms with van der Waals surface area (Å²) in [6.07, 6.45) is 0.544. The molecule has 1 heterocycles. The van der Waals surface area contributed by atoms with E-state index in [9.17, 15) is 23.5 Å². The maximum Gasteiger partial charge on any atom is 0.295 e. The highest BCUT2D eigenvalue weighted by Gasteiger charge is 2.46. The van der Waals surface area contributed by atoms with E-state index in [0.29, 0.717) is 13.0 Å². The molecule has 2 aromatic rings. The van der Waals surface area contributed by atoms with Crippen LogP contribution >= 0.6 is 0 Å². The first kappa shape index (κ1) is 22.4. The molecular weight excluding hydrogens is 406 g/mol. The maximum atomic E-state index is 14.7. The van der Waals surface area contributed by atoms with E-state index in [1.807, 2.05) is 19.0 Å². The second kappa shape index (κ2) is 9.26. The van der Waals surface area contributed by atoms with Crippen LogP contribution in [-0.4, -0.2) is 60.9 Å². The van der Waals surface area contributed by atoms with Crippen LogP contribution in [0.25, 0.3) is 5.76 Å². The number of aliphatic hydroxyl groups is 1. The molecule has 0 aromatic heterocycles. The van der Waals surface area contributed by atoms with Crippen molar-refractivity contribution in [1.29, 1.82) is 0 Å². The number of Topliss-reactive ketones (excluding diaryl/α,β-unsaturated/α-hetero) is 1. The lowest BCUT2D eigenvalue weighted by Gasteiger charge is -2.26. The smallest absolute Gasteiger partial charge is 0.295 e. The summed E-state index contributed by atoms with van der Waals surface area (Å²) in [5, 5.41) is 10.9. The van der Waals surface area contributed by atoms with Crippen LogP contribution in [-0.2, 0) is 9.59 Å². The zero-order valence-electron chi connectivity index (χ0n) is 17.6. The predicted octanol–water partition coefficient (Wildman–Crippen LogP) is 3.35. The van der Waals surface area contributed by atoms with E-state index in [4.69, 9.17) is 4.74 Å². The largest absolute Gasteiger partial charge is 0.507 e. The molecule has 1 fully saturated rings. The summed E-state index contributed by atoms with van der Waals surface area (Å²) in [4.78, 5) is 28.8. The van der Waals surface area contributed by atoms with Gasteiger partial charge in [0, 0.05) is 17.7 Å². The number of benzene rings is 2. The average molecular weight is 430 g/mol. The quantitative estimate of drug-likeness (QED) is 0.415. The van der Waals surface area contributed by atoms with Gasteiger partial charge in [-0.3, -0.25) is 9.59 Å². The molecule has 0 saturated carbocycles. The zero-order chi connectivity index (χ0) is 22.7. The molecule has 2 aromatic carbocycles. The van der Waals surface area contributed by atoms with Crippen molar-refractivity contribution < 1.29 is 28.2 Å². The first-order chi connectivity index (χ1) is 14.8. The van der Waals surface area contributed by atoms with Gasteiger partial charge in [0.1, 0.15) is 11.6 Å². The molecule has 1 amide bonds. The molecular formula is C23H24F2N2O4. The molecule has 0 bridgehead atoms. The fraction of sp³-hybridized carbons (Fsp3) is 0.304. The van der Waals surface area contributed by atoms with Crippen molar-refractivity contribution >= 4 is 17.4 Å². The molecule has 1 unspecified atom stereocenters. The van der Waals surface area contributed by atoms with Gasteiger partial charge in [-0.2, -0.15) is 0 Å². The standard InChI is InChI=1S/C23H24F2N2O4/c1-26(2)11-6-12-27-20(15-7-4-5-8-16(15)24)19(22(29)23(27)30)21(28)14-9-10-18(31-3)17(25)13-14/h4-5,7-10,13,20,28H,6,11-12H2,1-3H3. The molecule has 8 heteroatoms. The van der Waals surface area contributed by atoms with Gasteiger partial charge < -0.3 is 19.6 Å². The number of ether oxygens (including phenoxy) is 1. The van der Waals surface area contributed by atoms with Crippen LogP contribution in [0.4, 0.5) is 8.78 Å². The van der Waals surface area contributed by atoms with Crippen LogP contribution in [0, 0.1) is 11.6 Å². The van der Waals surface area contributed by atoms with Gasteiger partial charge in [-0.1, -0.05) is 18.2 Å². The van der Waals surface area contributed by atoms with Crippen molar-refractivity contribution in [3.8, 4) is 5.75 Å². The Labute approximate surface area is 179 Å². The van der Waals surface area contributed by atoms with E-state index in [-0.39, 0.29) is 29.0 Å². The molecule has 1 aliphatic heterocycles. The normalized spacial score (nSPS) is 18.1. The Hall–Kier alpha value is -3.26. The summed E-state index contributed by atoms with van der Waals surface area (Å²) in [7, 11) is 5.05. The van der Waals surface area contributed by atoms with Crippen molar-refractivity contribution in [1.82, 2.24) is 9.80 Å². The summed E-state index contributed by atoms with van der Waals surface area (Å²) < 4.78 is 33.7. The van der Waals surface area contributed by atoms with Crippen LogP contribution in [0.2, 0.25) is 0 Å².